The third-order valence-electron chi connectivity index (χ3n) is 2.67. The van der Waals surface area contributed by atoms with Gasteiger partial charge in [0.05, 0.1) is 12.3 Å². The van der Waals surface area contributed by atoms with Crippen LogP contribution in [0.3, 0.4) is 0 Å². The number of carboxylic acids is 1. The topological polar surface area (TPSA) is 70.9 Å². The van der Waals surface area contributed by atoms with E-state index in [9.17, 15) is 26.7 Å². The molecule has 1 aromatic rings. The first kappa shape index (κ1) is 18.8. The van der Waals surface area contributed by atoms with E-state index in [4.69, 9.17) is 5.11 Å². The third-order valence-corrected chi connectivity index (χ3v) is 2.67. The number of halogens is 5. The highest BCUT2D eigenvalue weighted by Gasteiger charge is 2.57. The molecule has 0 heterocycles. The highest BCUT2D eigenvalue weighted by atomic mass is 19.4. The average Bonchev–Trinajstić information content (AvgIpc) is 2.40. The Hall–Kier alpha value is -2.23. The number of carbonyl (C=O) groups is 1. The minimum atomic E-state index is -5.67. The molecule has 10 heteroatoms. The first-order valence-electron chi connectivity index (χ1n) is 6.17. The molecule has 0 aliphatic rings. The van der Waals surface area contributed by atoms with Crippen molar-refractivity contribution < 1.29 is 36.6 Å². The maximum atomic E-state index is 12.7. The first-order valence-corrected chi connectivity index (χ1v) is 6.17. The largest absolute Gasteiger partial charge is 0.477 e. The first-order chi connectivity index (χ1) is 10.5. The molecule has 0 atom stereocenters. The third kappa shape index (κ3) is 5.81. The van der Waals surface area contributed by atoms with Crippen LogP contribution in [0.5, 0.6) is 0 Å². The van der Waals surface area contributed by atoms with Crippen molar-refractivity contribution in [3.05, 3.63) is 29.3 Å². The molecule has 0 saturated carbocycles. The van der Waals surface area contributed by atoms with Crippen LogP contribution in [-0.4, -0.2) is 36.0 Å². The van der Waals surface area contributed by atoms with Crippen molar-refractivity contribution in [1.29, 1.82) is 0 Å². The zero-order chi connectivity index (χ0) is 17.7. The molecule has 23 heavy (non-hydrogen) atoms. The minimum Gasteiger partial charge on any atom is -0.477 e. The number of nitrogens with one attached hydrogen (secondary N) is 1. The summed E-state index contributed by atoms with van der Waals surface area (Å²) in [6, 6.07) is 4.49. The van der Waals surface area contributed by atoms with Gasteiger partial charge in [0.25, 0.3) is 0 Å². The second-order valence-electron chi connectivity index (χ2n) is 4.54. The van der Waals surface area contributed by atoms with Gasteiger partial charge in [0.1, 0.15) is 12.8 Å². The summed E-state index contributed by atoms with van der Waals surface area (Å²) in [6.45, 7) is -0.634. The number of benzene rings is 1. The van der Waals surface area contributed by atoms with Crippen LogP contribution < -0.4 is 5.43 Å². The van der Waals surface area contributed by atoms with Gasteiger partial charge in [-0.2, -0.15) is 27.1 Å². The second kappa shape index (κ2) is 7.36. The number of rotatable bonds is 7. The Balaban J connectivity index is 2.68. The number of aliphatic carboxylic acids is 1. The lowest BCUT2D eigenvalue weighted by atomic mass is 10.1. The number of hydrogen-bond acceptors (Lipinski definition) is 4. The molecular formula is C13H13F5N2O3. The predicted molar refractivity (Wildman–Crippen MR) is 71.6 cm³/mol. The molecule has 2 N–H and O–H groups in total. The molecule has 0 saturated heterocycles. The van der Waals surface area contributed by atoms with Crippen LogP contribution in [0, 0.1) is 6.92 Å². The molecule has 5 nitrogen and oxygen atoms in total. The van der Waals surface area contributed by atoms with Gasteiger partial charge in [0, 0.05) is 0 Å². The van der Waals surface area contributed by atoms with Gasteiger partial charge in [-0.15, -0.1) is 0 Å². The number of hydrazone groups is 1. The molecule has 0 fully saturated rings. The van der Waals surface area contributed by atoms with Gasteiger partial charge in [0.15, 0.2) is 0 Å². The molecule has 0 unspecified atom stereocenters. The quantitative estimate of drug-likeness (QED) is 0.454. The lowest BCUT2D eigenvalue weighted by Gasteiger charge is -2.19. The van der Waals surface area contributed by atoms with E-state index in [1.165, 1.54) is 12.1 Å². The minimum absolute atomic E-state index is 0.328. The molecule has 1 rings (SSSR count). The zero-order valence-corrected chi connectivity index (χ0v) is 11.8. The zero-order valence-electron chi connectivity index (χ0n) is 11.8. The molecule has 0 aliphatic heterocycles. The summed E-state index contributed by atoms with van der Waals surface area (Å²) < 4.78 is 65.9. The monoisotopic (exact) mass is 340 g/mol. The molecule has 0 spiro atoms. The Kier molecular flexibility index (Phi) is 6.02. The van der Waals surface area contributed by atoms with Crippen molar-refractivity contribution in [3.8, 4) is 0 Å². The predicted octanol–water partition coefficient (Wildman–Crippen LogP) is 3.19. The van der Waals surface area contributed by atoms with Crippen LogP contribution in [0.1, 0.15) is 11.1 Å². The standard InChI is InChI=1S/C13H13F5N2O3/c1-8-2-3-10(20-19-5-11(21)22)4-9(8)6-23-7-12(14,15)13(16,17)18/h2-5,20H,6-7H2,1H3,(H,21,22)/b19-5+. The van der Waals surface area contributed by atoms with Crippen molar-refractivity contribution in [2.75, 3.05) is 12.0 Å². The van der Waals surface area contributed by atoms with E-state index >= 15 is 0 Å². The summed E-state index contributed by atoms with van der Waals surface area (Å²) in [7, 11) is 0. The number of nitrogens with zero attached hydrogens (tertiary/aromatic N) is 1. The SMILES string of the molecule is Cc1ccc(N/N=C/C(=O)O)cc1COCC(F)(F)C(F)(F)F. The Morgan fingerprint density at radius 3 is 2.57 bits per heavy atom. The normalized spacial score (nSPS) is 12.6. The van der Waals surface area contributed by atoms with E-state index < -0.39 is 31.3 Å². The van der Waals surface area contributed by atoms with E-state index in [-0.39, 0.29) is 0 Å². The van der Waals surface area contributed by atoms with E-state index in [1.807, 2.05) is 0 Å². The van der Waals surface area contributed by atoms with Crippen molar-refractivity contribution >= 4 is 17.9 Å². The van der Waals surface area contributed by atoms with Crippen LogP contribution in [0.15, 0.2) is 23.3 Å². The lowest BCUT2D eigenvalue weighted by molar-refractivity contribution is -0.297. The molecule has 0 amide bonds. The number of anilines is 1. The van der Waals surface area contributed by atoms with Crippen molar-refractivity contribution in [3.63, 3.8) is 0 Å². The molecule has 128 valence electrons. The molecule has 1 aromatic carbocycles. The van der Waals surface area contributed by atoms with E-state index in [1.54, 1.807) is 13.0 Å². The van der Waals surface area contributed by atoms with Crippen LogP contribution >= 0.6 is 0 Å². The highest BCUT2D eigenvalue weighted by molar-refractivity contribution is 6.22. The van der Waals surface area contributed by atoms with Gasteiger partial charge in [0.2, 0.25) is 0 Å². The average molecular weight is 340 g/mol. The molecule has 0 radical (unpaired) electrons. The summed E-state index contributed by atoms with van der Waals surface area (Å²) in [4.78, 5) is 10.3. The Labute approximate surface area is 127 Å². The summed E-state index contributed by atoms with van der Waals surface area (Å²) >= 11 is 0. The van der Waals surface area contributed by atoms with Crippen LogP contribution in [0.25, 0.3) is 0 Å². The van der Waals surface area contributed by atoms with Crippen LogP contribution in [0.2, 0.25) is 0 Å². The van der Waals surface area contributed by atoms with Gasteiger partial charge in [-0.05, 0) is 30.2 Å². The number of carboxylic acid groups (broad SMARTS) is 1. The van der Waals surface area contributed by atoms with E-state index in [0.717, 1.165) is 0 Å². The maximum absolute atomic E-state index is 12.7. The number of ether oxygens (including phenoxy) is 1. The fourth-order valence-corrected chi connectivity index (χ4v) is 1.43. The summed E-state index contributed by atoms with van der Waals surface area (Å²) in [6.07, 6.45) is -5.07. The second-order valence-corrected chi connectivity index (χ2v) is 4.54. The van der Waals surface area contributed by atoms with Gasteiger partial charge in [-0.1, -0.05) is 6.07 Å². The van der Waals surface area contributed by atoms with Crippen LogP contribution in [0.4, 0.5) is 27.6 Å². The van der Waals surface area contributed by atoms with Gasteiger partial charge >= 0.3 is 18.1 Å². The fraction of sp³-hybridized carbons (Fsp3) is 0.385. The number of hydrogen-bond donors (Lipinski definition) is 2. The molecule has 0 bridgehead atoms. The van der Waals surface area contributed by atoms with E-state index in [0.29, 0.717) is 23.0 Å². The van der Waals surface area contributed by atoms with Crippen LogP contribution in [-0.2, 0) is 16.1 Å². The summed E-state index contributed by atoms with van der Waals surface area (Å²) in [5, 5.41) is 11.8. The molecule has 0 aromatic heterocycles. The number of alkyl halides is 5. The van der Waals surface area contributed by atoms with Crippen molar-refractivity contribution in [1.82, 2.24) is 0 Å². The fourth-order valence-electron chi connectivity index (χ4n) is 1.43. The molecule has 0 aliphatic carbocycles. The lowest BCUT2D eigenvalue weighted by Crippen LogP contribution is -2.40. The Morgan fingerprint density at radius 1 is 1.35 bits per heavy atom. The van der Waals surface area contributed by atoms with Crippen molar-refractivity contribution in [2.24, 2.45) is 5.10 Å². The maximum Gasteiger partial charge on any atom is 0.455 e. The number of aryl methyl sites for hydroxylation is 1. The van der Waals surface area contributed by atoms with Gasteiger partial charge in [-0.3, -0.25) is 5.43 Å². The van der Waals surface area contributed by atoms with Gasteiger partial charge < -0.3 is 9.84 Å². The van der Waals surface area contributed by atoms with E-state index in [2.05, 4.69) is 15.3 Å². The Morgan fingerprint density at radius 2 is 2.00 bits per heavy atom. The summed E-state index contributed by atoms with van der Waals surface area (Å²) in [5.74, 6) is -6.20. The van der Waals surface area contributed by atoms with Gasteiger partial charge in [-0.25, -0.2) is 4.79 Å². The summed E-state index contributed by atoms with van der Waals surface area (Å²) in [5.41, 5.74) is 3.67. The Bertz CT molecular complexity index is 587. The highest BCUT2D eigenvalue weighted by Crippen LogP contribution is 2.35. The smallest absolute Gasteiger partial charge is 0.455 e. The molecular weight excluding hydrogens is 327 g/mol. The van der Waals surface area contributed by atoms with Crippen molar-refractivity contribution in [2.45, 2.75) is 25.6 Å².